The van der Waals surface area contributed by atoms with E-state index in [-0.39, 0.29) is 93.0 Å². The Morgan fingerprint density at radius 1 is 0.850 bits per heavy atom. The molecule has 548 valence electrons. The van der Waals surface area contributed by atoms with E-state index in [0.29, 0.717) is 88.3 Å². The lowest BCUT2D eigenvalue weighted by Gasteiger charge is -2.22. The van der Waals surface area contributed by atoms with Gasteiger partial charge in [-0.3, -0.25) is 19.3 Å². The molecule has 3 heterocycles. The van der Waals surface area contributed by atoms with Crippen LogP contribution >= 0.6 is 45.1 Å². The molecule has 2 amide bonds. The first kappa shape index (κ1) is 84.7. The van der Waals surface area contributed by atoms with Gasteiger partial charge in [-0.25, -0.2) is 32.9 Å². The Labute approximate surface area is 577 Å². The fourth-order valence-electron chi connectivity index (χ4n) is 8.49. The average Bonchev–Trinajstić information content (AvgIpc) is 0.905. The number of benzene rings is 3. The van der Waals surface area contributed by atoms with Gasteiger partial charge in [0.15, 0.2) is 11.1 Å². The number of carboxylic acids is 1. The maximum Gasteiger partial charge on any atom is 0.490 e. The highest BCUT2D eigenvalue weighted by Gasteiger charge is 2.44. The largest absolute Gasteiger partial charge is 0.490 e. The maximum absolute atomic E-state index is 13.4. The molecule has 3 aliphatic rings. The second-order valence-electron chi connectivity index (χ2n) is 20.6. The van der Waals surface area contributed by atoms with E-state index in [1.54, 1.807) is 53.3 Å². The molecule has 47 heteroatoms. The second kappa shape index (κ2) is 41.9. The minimum Gasteiger partial charge on any atom is -0.478 e. The fourth-order valence-corrected chi connectivity index (χ4v) is 13.8. The molecule has 1 fully saturated rings. The van der Waals surface area contributed by atoms with Crippen LogP contribution in [0.2, 0.25) is 0 Å². The van der Waals surface area contributed by atoms with Crippen LogP contribution in [0.25, 0.3) is 43.9 Å². The van der Waals surface area contributed by atoms with E-state index < -0.39 is 100 Å². The summed E-state index contributed by atoms with van der Waals surface area (Å²) in [5.74, 6) is 4.48. The number of carboxylic acid groups (broad SMARTS) is 1. The van der Waals surface area contributed by atoms with Crippen molar-refractivity contribution in [3.05, 3.63) is 104 Å². The predicted octanol–water partition coefficient (Wildman–Crippen LogP) is 3.36. The number of carbonyl (C=O) groups is 4. The molecule has 5 atom stereocenters. The van der Waals surface area contributed by atoms with Crippen molar-refractivity contribution >= 4 is 113 Å². The molecular weight excluding hydrogens is 1480 g/mol. The lowest BCUT2D eigenvalue weighted by molar-refractivity contribution is -0.172. The van der Waals surface area contributed by atoms with E-state index in [2.05, 4.69) is 50.6 Å². The van der Waals surface area contributed by atoms with Crippen molar-refractivity contribution in [2.24, 2.45) is 5.11 Å². The number of phosphoric acid groups is 3. The first-order valence-corrected chi connectivity index (χ1v) is 37.5. The summed E-state index contributed by atoms with van der Waals surface area (Å²) in [6, 6.07) is 14.7. The fraction of sp³-hybridized carbons (Fsp3) is 0.453. The number of aromatic carboxylic acids is 1. The highest BCUT2D eigenvalue weighted by Crippen LogP contribution is 2.66. The number of alkyl carbamates (subject to hydrolysis) is 2. The number of nitrogens with two attached hydrogens (primary N) is 3. The molecule has 6 rings (SSSR count). The number of unbranched alkanes of at least 4 members (excludes halogenated alkanes) is 1. The number of nitrogens with one attached hydrogen (secondary N) is 2. The summed E-state index contributed by atoms with van der Waals surface area (Å²) in [5.41, 5.74) is 22.4. The smallest absolute Gasteiger partial charge is 0.478 e. The van der Waals surface area contributed by atoms with Gasteiger partial charge in [-0.1, -0.05) is 44.6 Å². The number of nitrogens with zero attached hydrogens (tertiary/aromatic N) is 5. The number of carbonyl (C=O) groups excluding carboxylic acids is 3. The Kier molecular flexibility index (Phi) is 35.5. The first-order valence-electron chi connectivity index (χ1n) is 28.7. The lowest BCUT2D eigenvalue weighted by atomic mass is 9.88. The summed E-state index contributed by atoms with van der Waals surface area (Å²) in [7, 11) is -20.2. The Morgan fingerprint density at radius 2 is 1.52 bits per heavy atom. The molecule has 2 aromatic carbocycles. The summed E-state index contributed by atoms with van der Waals surface area (Å²) in [5, 5.41) is 25.6. The number of hydrogen-bond donors (Lipinski definition) is 10. The van der Waals surface area contributed by atoms with Gasteiger partial charge in [0, 0.05) is 88.4 Å². The summed E-state index contributed by atoms with van der Waals surface area (Å²) in [6.45, 7) is 4.17. The highest BCUT2D eigenvalue weighted by molar-refractivity contribution is 8.77. The van der Waals surface area contributed by atoms with Gasteiger partial charge >= 0.3 is 68.5 Å². The number of anilines is 2. The van der Waals surface area contributed by atoms with E-state index in [0.717, 1.165) is 4.57 Å². The molecule has 13 N–H and O–H groups in total. The van der Waals surface area contributed by atoms with Gasteiger partial charge in [0.1, 0.15) is 42.2 Å². The highest BCUT2D eigenvalue weighted by atomic mass is 33.1. The lowest BCUT2D eigenvalue weighted by Crippen LogP contribution is -2.44. The van der Waals surface area contributed by atoms with Gasteiger partial charge in [-0.2, -0.15) is 13.6 Å². The van der Waals surface area contributed by atoms with Crippen molar-refractivity contribution in [2.75, 3.05) is 90.1 Å². The Bertz CT molecular complexity index is 4230. The van der Waals surface area contributed by atoms with Crippen molar-refractivity contribution in [2.45, 2.75) is 75.6 Å². The summed E-state index contributed by atoms with van der Waals surface area (Å²) >= 11 is 0. The molecule has 0 spiro atoms. The van der Waals surface area contributed by atoms with Gasteiger partial charge in [0.05, 0.1) is 69.5 Å². The van der Waals surface area contributed by atoms with Crippen molar-refractivity contribution < 1.29 is 139 Å². The molecule has 2 unspecified atom stereocenters. The first-order chi connectivity index (χ1) is 47.1. The van der Waals surface area contributed by atoms with Crippen LogP contribution in [0.4, 0.5) is 21.1 Å². The number of rotatable bonds is 37. The third kappa shape index (κ3) is 31.9. The zero-order chi connectivity index (χ0) is 74.2. The number of ketones is 1. The van der Waals surface area contributed by atoms with Crippen LogP contribution in [-0.2, 0) is 81.2 Å². The van der Waals surface area contributed by atoms with E-state index in [1.807, 2.05) is 13.8 Å². The van der Waals surface area contributed by atoms with Crippen LogP contribution in [0.1, 0.15) is 84.9 Å². The van der Waals surface area contributed by atoms with Crippen molar-refractivity contribution in [1.29, 1.82) is 0 Å². The molecule has 0 saturated carbocycles. The van der Waals surface area contributed by atoms with Crippen LogP contribution in [0.3, 0.4) is 0 Å². The summed E-state index contributed by atoms with van der Waals surface area (Å²) < 4.78 is 143. The third-order valence-electron chi connectivity index (χ3n) is 12.7. The van der Waals surface area contributed by atoms with Gasteiger partial charge in [-0.15, -0.1) is 25.3 Å². The summed E-state index contributed by atoms with van der Waals surface area (Å²) in [6.07, 6.45) is -1.90. The van der Waals surface area contributed by atoms with Gasteiger partial charge in [0.25, 0.3) is 0 Å². The average molecular weight is 1550 g/mol. The molecule has 100 heavy (non-hydrogen) atoms. The molecule has 1 aliphatic carbocycles. The van der Waals surface area contributed by atoms with Gasteiger partial charge in [0.2, 0.25) is 0 Å². The molecule has 0 radical (unpaired) electrons. The predicted molar refractivity (Wildman–Crippen MR) is 349 cm³/mol. The molecule has 1 saturated heterocycles. The van der Waals surface area contributed by atoms with Crippen molar-refractivity contribution in [3.8, 4) is 34.3 Å². The van der Waals surface area contributed by atoms with E-state index in [4.69, 9.17) is 95.0 Å². The van der Waals surface area contributed by atoms with Crippen LogP contribution in [-0.4, -0.2) is 179 Å². The number of phosphoric ester groups is 1. The number of Topliss-reactive ketones (excluding diaryl/α,β-unsaturated/α-hetero) is 1. The molecular formula is C53H68N10O30P3S4+. The van der Waals surface area contributed by atoms with Crippen LogP contribution in [0.5, 0.6) is 0 Å². The molecule has 1 aromatic heterocycles. The molecule has 3 aromatic rings. The van der Waals surface area contributed by atoms with Gasteiger partial charge in [-0.05, 0) is 81.0 Å². The summed E-state index contributed by atoms with van der Waals surface area (Å²) in [4.78, 5) is 106. The van der Waals surface area contributed by atoms with Crippen LogP contribution in [0, 0.1) is 11.8 Å². The molecule has 40 nitrogen and oxygen atoms in total. The minimum atomic E-state index is -5.83. The maximum atomic E-state index is 13.4. The number of azide groups is 1. The number of amides is 2. The van der Waals surface area contributed by atoms with Gasteiger partial charge < -0.3 is 84.4 Å². The number of fused-ring (bicyclic) bond motifs is 2. The van der Waals surface area contributed by atoms with E-state index in [1.165, 1.54) is 29.1 Å². The monoisotopic (exact) mass is 1550 g/mol. The normalized spacial score (nSPS) is 15.4. The topological polar surface area (TPSA) is 614 Å². The molecule has 2 aliphatic heterocycles. The van der Waals surface area contributed by atoms with E-state index in [9.17, 15) is 52.6 Å². The third-order valence-corrected chi connectivity index (χ3v) is 19.5. The zero-order valence-corrected chi connectivity index (χ0v) is 58.6. The van der Waals surface area contributed by atoms with E-state index >= 15 is 0 Å². The quantitative estimate of drug-likeness (QED) is 0.00233. The Hall–Kier alpha value is -7.69. The number of aromatic nitrogens is 2. The van der Waals surface area contributed by atoms with Crippen LogP contribution < -0.4 is 38.6 Å². The number of ether oxygens (including phenoxy) is 7. The zero-order valence-electron chi connectivity index (χ0n) is 52.6. The number of nitrogen functional groups attached to an aromatic ring is 2. The number of hydrogen-bond acceptors (Lipinski definition) is 31. The SMILES string of the molecule is CC(C)(CCOC(=O)NCCOCCOCCCC(=O)c1ccc(C(=O)O)c(-c2c3ccc(=[NH2+])cc-3oc3cc(N)ccc23)c1)SSCOCCCCOC(=O)NCC#Cc1cn([C@H]2C[C@@H](OCN=[N+]=[N-])[C@@H](COP(=O)(O)OP(=O)(O)OP(=O)(O)O)O2)c(=O)nc1N.O=S(=O)=O.O=S(=O)=O. The van der Waals surface area contributed by atoms with Crippen molar-refractivity contribution in [3.63, 3.8) is 0 Å². The minimum absolute atomic E-state index is 0.0103. The Morgan fingerprint density at radius 3 is 2.21 bits per heavy atom. The Balaban J connectivity index is 0.00000251. The second-order valence-corrected chi connectivity index (χ2v) is 28.7. The van der Waals surface area contributed by atoms with Crippen molar-refractivity contribution in [1.82, 2.24) is 20.2 Å². The van der Waals surface area contributed by atoms with Crippen LogP contribution in [0.15, 0.2) is 75.1 Å². The standard InChI is InChI=1S/C53H67N10O24P3S2.2O3S/c1-53(2,15-21-81-52(69)59-17-22-78-24-23-77-19-6-8-41(64)33-9-12-37(49(65)66)40(25-33)47-38-13-10-35(54)26-42(38)84-43-27-36(55)11-14-39(43)47)92-91-32-79-18-3-4-20-80-51(68)58-16-5-7-34-29-63(50(67)61-48(34)56)46-28-44(82-31-60-62-57)45(85-46)30-83-89(73,74)87-90(75,76)86-88(70,71)72;2*1-4(2)3/h9-14,25-27,29,44-46,54H,3-4,6,8,15-24,28,30-32,55H2,1-2H3,(H,58,68)(H,59,69)(H,65,66)(H,73,74)(H,75,76)(H2,56,61,67)(H2,70,71,72);;/p+1/t44-,45-,46-;;/m1../s1. The molecule has 0 bridgehead atoms.